The summed E-state index contributed by atoms with van der Waals surface area (Å²) in [5, 5.41) is 25.2. The van der Waals surface area contributed by atoms with Crippen LogP contribution in [0.15, 0.2) is 48.5 Å². The number of nitrogens with zero attached hydrogens (tertiary/aromatic N) is 3. The van der Waals surface area contributed by atoms with Gasteiger partial charge in [-0.3, -0.25) is 9.59 Å². The van der Waals surface area contributed by atoms with Crippen molar-refractivity contribution in [2.45, 2.75) is 70.6 Å². The van der Waals surface area contributed by atoms with Crippen LogP contribution in [0.5, 0.6) is 5.75 Å². The molecule has 1 aromatic heterocycles. The molecule has 0 radical (unpaired) electrons. The minimum atomic E-state index is -4.82. The number of alkyl halides is 3. The van der Waals surface area contributed by atoms with E-state index in [2.05, 4.69) is 14.7 Å². The Hall–Kier alpha value is -4.01. The number of carbonyl (C=O) groups is 2. The van der Waals surface area contributed by atoms with Crippen LogP contribution in [0, 0.1) is 5.82 Å². The van der Waals surface area contributed by atoms with Crippen LogP contribution < -0.4 is 10.6 Å². The number of benzene rings is 2. The molecule has 3 rings (SSSR count). The summed E-state index contributed by atoms with van der Waals surface area (Å²) in [6.07, 6.45) is -7.20. The number of aromatic nitrogens is 2. The first kappa shape index (κ1) is 33.5. The van der Waals surface area contributed by atoms with Gasteiger partial charge in [0.25, 0.3) is 5.91 Å². The number of nitrogens with two attached hydrogens (primary N) is 1. The average molecular weight is 611 g/mol. The highest BCUT2D eigenvalue weighted by atomic mass is 19.4. The van der Waals surface area contributed by atoms with Crippen molar-refractivity contribution < 1.29 is 46.9 Å². The Bertz CT molecular complexity index is 1380. The van der Waals surface area contributed by atoms with Gasteiger partial charge in [-0.25, -0.2) is 9.07 Å². The molecule has 3 aromatic rings. The van der Waals surface area contributed by atoms with Crippen LogP contribution in [0.3, 0.4) is 0 Å². The van der Waals surface area contributed by atoms with Crippen LogP contribution in [0.1, 0.15) is 66.3 Å². The topological polar surface area (TPSA) is 140 Å². The van der Waals surface area contributed by atoms with Gasteiger partial charge in [-0.15, -0.1) is 13.2 Å². The summed E-state index contributed by atoms with van der Waals surface area (Å²) >= 11 is 0. The molecule has 43 heavy (non-hydrogen) atoms. The number of hydrogen-bond acceptors (Lipinski definition) is 8. The summed E-state index contributed by atoms with van der Waals surface area (Å²) in [5.74, 6) is 2.45. The highest BCUT2D eigenvalue weighted by molar-refractivity contribution is 5.94. The number of carbonyl (C=O) groups excluding carboxylic acids is 2. The number of ether oxygens (including phenoxy) is 1. The van der Waals surface area contributed by atoms with Crippen molar-refractivity contribution in [3.05, 3.63) is 76.9 Å². The Kier molecular flexibility index (Phi) is 11.2. The van der Waals surface area contributed by atoms with Crippen LogP contribution in [0.4, 0.5) is 17.6 Å². The molecule has 0 saturated heterocycles. The maximum Gasteiger partial charge on any atom is 0.573 e. The van der Waals surface area contributed by atoms with Crippen LogP contribution in [0.2, 0.25) is 0 Å². The van der Waals surface area contributed by atoms with E-state index in [0.717, 1.165) is 12.1 Å². The number of aliphatic hydroxyl groups excluding tert-OH is 2. The smallest absolute Gasteiger partial charge is 0.406 e. The molecule has 1 amide bonds. The number of hydrogen-bond donors (Lipinski definition) is 3. The molecule has 0 aliphatic rings. The van der Waals surface area contributed by atoms with Gasteiger partial charge in [0.2, 0.25) is 0 Å². The number of aliphatic hydroxyl groups is 2. The lowest BCUT2D eigenvalue weighted by Crippen LogP contribution is -2.27. The zero-order valence-electron chi connectivity index (χ0n) is 23.8. The zero-order chi connectivity index (χ0) is 31.9. The largest absolute Gasteiger partial charge is 0.573 e. The van der Waals surface area contributed by atoms with Gasteiger partial charge in [0, 0.05) is 24.8 Å². The van der Waals surface area contributed by atoms with E-state index in [9.17, 15) is 37.4 Å². The second-order valence-corrected chi connectivity index (χ2v) is 10.4. The lowest BCUT2D eigenvalue weighted by Gasteiger charge is -2.19. The van der Waals surface area contributed by atoms with Crippen molar-refractivity contribution in [3.8, 4) is 11.4 Å². The van der Waals surface area contributed by atoms with E-state index in [1.54, 1.807) is 0 Å². The van der Waals surface area contributed by atoms with Crippen molar-refractivity contribution in [1.82, 2.24) is 14.7 Å². The average Bonchev–Trinajstić information content (AvgIpc) is 3.31. The minimum absolute atomic E-state index is 0.0588. The fourth-order valence-electron chi connectivity index (χ4n) is 4.65. The predicted molar refractivity (Wildman–Crippen MR) is 146 cm³/mol. The molecule has 0 unspecified atom stereocenters. The first-order valence-electron chi connectivity index (χ1n) is 13.4. The van der Waals surface area contributed by atoms with E-state index < -0.39 is 36.3 Å². The first-order chi connectivity index (χ1) is 20.2. The summed E-state index contributed by atoms with van der Waals surface area (Å²) < 4.78 is 56.6. The number of rotatable bonds is 13. The van der Waals surface area contributed by atoms with Gasteiger partial charge in [-0.1, -0.05) is 26.0 Å². The van der Waals surface area contributed by atoms with Crippen LogP contribution in [-0.4, -0.2) is 62.4 Å². The lowest BCUT2D eigenvalue weighted by molar-refractivity contribution is -0.274. The Balaban J connectivity index is 1.89. The third kappa shape index (κ3) is 9.49. The molecule has 10 nitrogen and oxygen atoms in total. The van der Waals surface area contributed by atoms with Crippen LogP contribution in [-0.2, 0) is 22.6 Å². The van der Waals surface area contributed by atoms with Crippen LogP contribution >= 0.6 is 0 Å². The molecule has 14 heteroatoms. The van der Waals surface area contributed by atoms with E-state index in [1.807, 2.05) is 13.8 Å². The van der Waals surface area contributed by atoms with Gasteiger partial charge in [0.15, 0.2) is 5.69 Å². The van der Waals surface area contributed by atoms with Crippen molar-refractivity contribution in [2.75, 3.05) is 7.05 Å². The first-order valence-corrected chi connectivity index (χ1v) is 13.4. The molecular weight excluding hydrogens is 576 g/mol. The van der Waals surface area contributed by atoms with Crippen molar-refractivity contribution >= 4 is 11.9 Å². The highest BCUT2D eigenvalue weighted by Gasteiger charge is 2.31. The Morgan fingerprint density at radius 1 is 1.05 bits per heavy atom. The summed E-state index contributed by atoms with van der Waals surface area (Å²) in [5.41, 5.74) is 2.32. The fourth-order valence-corrected chi connectivity index (χ4v) is 4.65. The second kappa shape index (κ2) is 14.4. The van der Waals surface area contributed by atoms with E-state index in [1.165, 1.54) is 53.0 Å². The van der Waals surface area contributed by atoms with Crippen LogP contribution in [0.25, 0.3) is 5.69 Å². The van der Waals surface area contributed by atoms with E-state index in [-0.39, 0.29) is 49.6 Å². The molecule has 4 N–H and O–H groups in total. The summed E-state index contributed by atoms with van der Waals surface area (Å²) in [4.78, 5) is 30.4. The zero-order valence-corrected chi connectivity index (χ0v) is 23.8. The molecule has 0 spiro atoms. The van der Waals surface area contributed by atoms with Gasteiger partial charge >= 0.3 is 12.3 Å². The monoisotopic (exact) mass is 610 g/mol. The molecule has 234 valence electrons. The van der Waals surface area contributed by atoms with Crippen molar-refractivity contribution in [3.63, 3.8) is 0 Å². The molecule has 0 aliphatic carbocycles. The molecule has 0 bridgehead atoms. The van der Waals surface area contributed by atoms with Gasteiger partial charge < -0.3 is 24.7 Å². The quantitative estimate of drug-likeness (QED) is 0.194. The number of amides is 1. The summed E-state index contributed by atoms with van der Waals surface area (Å²) in [6.45, 7) is 3.79. The maximum atomic E-state index is 13.7. The van der Waals surface area contributed by atoms with Gasteiger partial charge in [-0.2, -0.15) is 11.0 Å². The van der Waals surface area contributed by atoms with Crippen molar-refractivity contribution in [1.29, 1.82) is 0 Å². The molecule has 1 heterocycles. The molecular formula is C29H34F4N4O6. The maximum absolute atomic E-state index is 13.7. The van der Waals surface area contributed by atoms with E-state index >= 15 is 0 Å². The molecule has 0 saturated carbocycles. The third-order valence-corrected chi connectivity index (χ3v) is 6.59. The van der Waals surface area contributed by atoms with Gasteiger partial charge in [0.1, 0.15) is 11.6 Å². The standard InChI is InChI=1S/C29H34F4N4O6/c1-17(2)26-24(13-10-21(38)14-22(39)15-25(40)43-34)37(20-8-6-19(30)7-9-20)35-27(26)28(41)36(3)16-18-4-11-23(12-5-18)42-29(31,32)33/h4-9,11-12,17,21-22,38-39H,10,13-16,34H2,1-3H3/t21-,22-/m1/s1. The van der Waals surface area contributed by atoms with E-state index in [0.29, 0.717) is 22.5 Å². The van der Waals surface area contributed by atoms with Gasteiger partial charge in [-0.05, 0) is 67.1 Å². The normalized spacial score (nSPS) is 13.1. The molecule has 2 atom stereocenters. The minimum Gasteiger partial charge on any atom is -0.406 e. The molecule has 0 aliphatic heterocycles. The Morgan fingerprint density at radius 2 is 1.67 bits per heavy atom. The fraction of sp³-hybridized carbons (Fsp3) is 0.414. The Morgan fingerprint density at radius 3 is 2.23 bits per heavy atom. The van der Waals surface area contributed by atoms with Crippen molar-refractivity contribution in [2.24, 2.45) is 5.90 Å². The third-order valence-electron chi connectivity index (χ3n) is 6.59. The SMILES string of the molecule is CC(C)c1c(C(=O)N(C)Cc2ccc(OC(F)(F)F)cc2)nn(-c2ccc(F)cc2)c1CC[C@@H](O)C[C@@H](O)CC(=O)ON. The summed E-state index contributed by atoms with van der Waals surface area (Å²) in [6, 6.07) is 10.6. The molecule has 0 fully saturated rings. The predicted octanol–water partition coefficient (Wildman–Crippen LogP) is 4.16. The Labute approximate surface area is 245 Å². The molecule has 2 aromatic carbocycles. The number of halogens is 4. The highest BCUT2D eigenvalue weighted by Crippen LogP contribution is 2.30. The van der Waals surface area contributed by atoms with Gasteiger partial charge in [0.05, 0.1) is 24.3 Å². The second-order valence-electron chi connectivity index (χ2n) is 10.4. The summed E-state index contributed by atoms with van der Waals surface area (Å²) in [7, 11) is 1.53. The van der Waals surface area contributed by atoms with E-state index in [4.69, 9.17) is 5.90 Å². The lowest BCUT2D eigenvalue weighted by atomic mass is 9.95.